The van der Waals surface area contributed by atoms with Gasteiger partial charge < -0.3 is 21.1 Å². The maximum absolute atomic E-state index is 12.5. The minimum Gasteiger partial charge on any atom is -0.374 e. The van der Waals surface area contributed by atoms with E-state index >= 15 is 0 Å². The SMILES string of the molecule is Cc1ccccc1C(CC(=O)NCc1cccc(COC(C)C)c1)NC(N)=O. The van der Waals surface area contributed by atoms with Crippen molar-refractivity contribution in [2.45, 2.75) is 52.5 Å². The Kier molecular flexibility index (Phi) is 8.02. The van der Waals surface area contributed by atoms with Crippen LogP contribution in [0.25, 0.3) is 0 Å². The summed E-state index contributed by atoms with van der Waals surface area (Å²) in [4.78, 5) is 23.8. The zero-order chi connectivity index (χ0) is 20.5. The van der Waals surface area contributed by atoms with Crippen LogP contribution in [0.3, 0.4) is 0 Å². The van der Waals surface area contributed by atoms with Gasteiger partial charge in [-0.2, -0.15) is 0 Å². The number of ether oxygens (including phenoxy) is 1. The van der Waals surface area contributed by atoms with Gasteiger partial charge in [-0.25, -0.2) is 4.79 Å². The molecule has 2 rings (SSSR count). The Hall–Kier alpha value is -2.86. The molecule has 0 heterocycles. The van der Waals surface area contributed by atoms with Crippen molar-refractivity contribution in [1.82, 2.24) is 10.6 Å². The second-order valence-electron chi connectivity index (χ2n) is 7.08. The van der Waals surface area contributed by atoms with E-state index in [1.165, 1.54) is 0 Å². The normalized spacial score (nSPS) is 11.9. The summed E-state index contributed by atoms with van der Waals surface area (Å²) in [6, 6.07) is 14.4. The van der Waals surface area contributed by atoms with Gasteiger partial charge in [-0.3, -0.25) is 4.79 Å². The van der Waals surface area contributed by atoms with Crippen LogP contribution in [0.15, 0.2) is 48.5 Å². The molecule has 6 heteroatoms. The molecular formula is C22H29N3O3. The van der Waals surface area contributed by atoms with Crippen LogP contribution >= 0.6 is 0 Å². The fourth-order valence-corrected chi connectivity index (χ4v) is 2.94. The van der Waals surface area contributed by atoms with E-state index in [0.29, 0.717) is 13.2 Å². The highest BCUT2D eigenvalue weighted by atomic mass is 16.5. The Morgan fingerprint density at radius 2 is 1.79 bits per heavy atom. The minimum absolute atomic E-state index is 0.115. The lowest BCUT2D eigenvalue weighted by Crippen LogP contribution is -2.36. The molecule has 4 N–H and O–H groups in total. The van der Waals surface area contributed by atoms with Crippen LogP contribution in [0.2, 0.25) is 0 Å². The molecule has 1 atom stereocenters. The summed E-state index contributed by atoms with van der Waals surface area (Å²) in [5.74, 6) is -0.161. The Bertz CT molecular complexity index is 805. The van der Waals surface area contributed by atoms with Crippen molar-refractivity contribution in [3.8, 4) is 0 Å². The Balaban J connectivity index is 1.97. The summed E-state index contributed by atoms with van der Waals surface area (Å²) in [6.07, 6.45) is 0.281. The highest BCUT2D eigenvalue weighted by Gasteiger charge is 2.18. The molecule has 0 aliphatic carbocycles. The van der Waals surface area contributed by atoms with Crippen molar-refractivity contribution in [2.24, 2.45) is 5.73 Å². The van der Waals surface area contributed by atoms with Crippen molar-refractivity contribution in [1.29, 1.82) is 0 Å². The molecule has 3 amide bonds. The number of nitrogens with two attached hydrogens (primary N) is 1. The summed E-state index contributed by atoms with van der Waals surface area (Å²) in [5, 5.41) is 5.58. The first-order valence-corrected chi connectivity index (χ1v) is 9.42. The maximum atomic E-state index is 12.5. The average Bonchev–Trinajstić information content (AvgIpc) is 2.64. The number of amides is 3. The van der Waals surface area contributed by atoms with Gasteiger partial charge in [0.05, 0.1) is 25.2 Å². The molecule has 1 unspecified atom stereocenters. The quantitative estimate of drug-likeness (QED) is 0.620. The van der Waals surface area contributed by atoms with Gasteiger partial charge in [-0.15, -0.1) is 0 Å². The molecule has 0 fully saturated rings. The van der Waals surface area contributed by atoms with E-state index in [4.69, 9.17) is 10.5 Å². The standard InChI is InChI=1S/C22H29N3O3/c1-15(2)28-14-18-9-6-8-17(11-18)13-24-21(26)12-20(25-22(23)27)19-10-5-4-7-16(19)3/h4-11,15,20H,12-14H2,1-3H3,(H,24,26)(H3,23,25,27). The lowest BCUT2D eigenvalue weighted by molar-refractivity contribution is -0.121. The van der Waals surface area contributed by atoms with Gasteiger partial charge in [0.15, 0.2) is 0 Å². The number of carbonyl (C=O) groups is 2. The molecule has 28 heavy (non-hydrogen) atoms. The molecular weight excluding hydrogens is 354 g/mol. The van der Waals surface area contributed by atoms with E-state index in [9.17, 15) is 9.59 Å². The van der Waals surface area contributed by atoms with E-state index in [1.807, 2.05) is 69.3 Å². The molecule has 6 nitrogen and oxygen atoms in total. The summed E-state index contributed by atoms with van der Waals surface area (Å²) in [5.41, 5.74) is 9.22. The predicted octanol–water partition coefficient (Wildman–Crippen LogP) is 3.34. The van der Waals surface area contributed by atoms with Crippen molar-refractivity contribution >= 4 is 11.9 Å². The fourth-order valence-electron chi connectivity index (χ4n) is 2.94. The topological polar surface area (TPSA) is 93.4 Å². The fraction of sp³-hybridized carbons (Fsp3) is 0.364. The number of hydrogen-bond donors (Lipinski definition) is 3. The maximum Gasteiger partial charge on any atom is 0.312 e. The molecule has 0 aromatic heterocycles. The average molecular weight is 383 g/mol. The number of nitrogens with one attached hydrogen (secondary N) is 2. The number of hydrogen-bond acceptors (Lipinski definition) is 3. The minimum atomic E-state index is -0.654. The molecule has 0 aliphatic rings. The molecule has 0 bridgehead atoms. The van der Waals surface area contributed by atoms with Gasteiger partial charge in [0.1, 0.15) is 0 Å². The van der Waals surface area contributed by atoms with Gasteiger partial charge in [0.25, 0.3) is 0 Å². The van der Waals surface area contributed by atoms with E-state index in [-0.39, 0.29) is 18.4 Å². The molecule has 0 saturated carbocycles. The lowest BCUT2D eigenvalue weighted by atomic mass is 9.98. The third-order valence-electron chi connectivity index (χ3n) is 4.33. The van der Waals surface area contributed by atoms with Gasteiger partial charge in [-0.1, -0.05) is 48.5 Å². The van der Waals surface area contributed by atoms with Gasteiger partial charge in [0.2, 0.25) is 5.91 Å². The van der Waals surface area contributed by atoms with Crippen LogP contribution in [0.4, 0.5) is 4.79 Å². The van der Waals surface area contributed by atoms with Crippen molar-refractivity contribution in [3.63, 3.8) is 0 Å². The number of benzene rings is 2. The van der Waals surface area contributed by atoms with E-state index < -0.39 is 12.1 Å². The lowest BCUT2D eigenvalue weighted by Gasteiger charge is -2.19. The van der Waals surface area contributed by atoms with Gasteiger partial charge in [0, 0.05) is 6.54 Å². The Labute approximate surface area is 166 Å². The van der Waals surface area contributed by atoms with Crippen LogP contribution < -0.4 is 16.4 Å². The van der Waals surface area contributed by atoms with E-state index in [0.717, 1.165) is 22.3 Å². The van der Waals surface area contributed by atoms with Crippen molar-refractivity contribution in [2.75, 3.05) is 0 Å². The summed E-state index contributed by atoms with van der Waals surface area (Å²) >= 11 is 0. The second-order valence-corrected chi connectivity index (χ2v) is 7.08. The molecule has 0 saturated heterocycles. The highest BCUT2D eigenvalue weighted by molar-refractivity contribution is 5.78. The van der Waals surface area contributed by atoms with E-state index in [2.05, 4.69) is 10.6 Å². The van der Waals surface area contributed by atoms with Crippen LogP contribution in [-0.2, 0) is 22.7 Å². The monoisotopic (exact) mass is 383 g/mol. The second kappa shape index (κ2) is 10.5. The van der Waals surface area contributed by atoms with E-state index in [1.54, 1.807) is 0 Å². The first-order valence-electron chi connectivity index (χ1n) is 9.42. The zero-order valence-corrected chi connectivity index (χ0v) is 16.7. The molecule has 0 aliphatic heterocycles. The number of primary amides is 1. The largest absolute Gasteiger partial charge is 0.374 e. The third-order valence-corrected chi connectivity index (χ3v) is 4.33. The van der Waals surface area contributed by atoms with Crippen LogP contribution in [0.5, 0.6) is 0 Å². The number of aryl methyl sites for hydroxylation is 1. The first-order chi connectivity index (χ1) is 13.3. The van der Waals surface area contributed by atoms with Crippen LogP contribution in [-0.4, -0.2) is 18.0 Å². The van der Waals surface area contributed by atoms with Crippen molar-refractivity contribution < 1.29 is 14.3 Å². The molecule has 0 spiro atoms. The number of urea groups is 1. The highest BCUT2D eigenvalue weighted by Crippen LogP contribution is 2.20. The smallest absolute Gasteiger partial charge is 0.312 e. The molecule has 150 valence electrons. The number of carbonyl (C=O) groups excluding carboxylic acids is 2. The Morgan fingerprint density at radius 3 is 2.46 bits per heavy atom. The summed E-state index contributed by atoms with van der Waals surface area (Å²) in [6.45, 7) is 6.88. The zero-order valence-electron chi connectivity index (χ0n) is 16.7. The molecule has 2 aromatic rings. The predicted molar refractivity (Wildman–Crippen MR) is 109 cm³/mol. The van der Waals surface area contributed by atoms with Crippen molar-refractivity contribution in [3.05, 3.63) is 70.8 Å². The summed E-state index contributed by atoms with van der Waals surface area (Å²) < 4.78 is 5.62. The van der Waals surface area contributed by atoms with Gasteiger partial charge in [-0.05, 0) is 43.0 Å². The van der Waals surface area contributed by atoms with Crippen LogP contribution in [0, 0.1) is 6.92 Å². The molecule has 0 radical (unpaired) electrons. The van der Waals surface area contributed by atoms with Gasteiger partial charge >= 0.3 is 6.03 Å². The first kappa shape index (κ1) is 21.4. The molecule has 2 aromatic carbocycles. The number of rotatable bonds is 9. The summed E-state index contributed by atoms with van der Waals surface area (Å²) in [7, 11) is 0. The third kappa shape index (κ3) is 7.04. The Morgan fingerprint density at radius 1 is 1.07 bits per heavy atom. The van der Waals surface area contributed by atoms with Crippen LogP contribution in [0.1, 0.15) is 48.6 Å².